The maximum Gasteiger partial charge on any atom is 0.216 e. The summed E-state index contributed by atoms with van der Waals surface area (Å²) in [5.74, 6) is 0.251. The average Bonchev–Trinajstić information content (AvgIpc) is 3.22. The van der Waals surface area contributed by atoms with E-state index in [9.17, 15) is 0 Å². The van der Waals surface area contributed by atoms with Crippen LogP contribution in [0.15, 0.2) is 47.3 Å². The van der Waals surface area contributed by atoms with Crippen molar-refractivity contribution in [2.24, 2.45) is 0 Å². The number of aromatic nitrogens is 6. The molecule has 0 saturated heterocycles. The summed E-state index contributed by atoms with van der Waals surface area (Å²) in [5.41, 5.74) is 2.27. The SMILES string of the molecule is N#CC(=CNc1ccc(Cn2cc(Br)cn2)cc1)c1nn[nH]n1. The summed E-state index contributed by atoms with van der Waals surface area (Å²) < 4.78 is 2.79. The Morgan fingerprint density at radius 2 is 2.22 bits per heavy atom. The molecule has 0 fully saturated rings. The highest BCUT2D eigenvalue weighted by Gasteiger charge is 2.05. The van der Waals surface area contributed by atoms with Crippen molar-refractivity contribution in [1.82, 2.24) is 30.4 Å². The molecular formula is C14H11BrN8. The summed E-state index contributed by atoms with van der Waals surface area (Å²) in [5, 5.41) is 29.6. The van der Waals surface area contributed by atoms with Crippen LogP contribution in [0.25, 0.3) is 5.57 Å². The topological polar surface area (TPSA) is 108 Å². The van der Waals surface area contributed by atoms with Crippen LogP contribution in [0.1, 0.15) is 11.4 Å². The lowest BCUT2D eigenvalue weighted by Gasteiger charge is -2.05. The van der Waals surface area contributed by atoms with Crippen LogP contribution in [0.4, 0.5) is 5.69 Å². The number of aromatic amines is 1. The molecule has 0 aliphatic rings. The molecule has 0 radical (unpaired) electrons. The third-order valence-electron chi connectivity index (χ3n) is 2.99. The molecule has 0 atom stereocenters. The second-order valence-electron chi connectivity index (χ2n) is 4.60. The van der Waals surface area contributed by atoms with Crippen molar-refractivity contribution in [2.75, 3.05) is 5.32 Å². The van der Waals surface area contributed by atoms with E-state index in [-0.39, 0.29) is 5.82 Å². The third-order valence-corrected chi connectivity index (χ3v) is 3.40. The Morgan fingerprint density at radius 1 is 1.39 bits per heavy atom. The zero-order valence-corrected chi connectivity index (χ0v) is 13.4. The maximum atomic E-state index is 9.09. The predicted molar refractivity (Wildman–Crippen MR) is 86.9 cm³/mol. The molecule has 23 heavy (non-hydrogen) atoms. The normalized spacial score (nSPS) is 11.2. The zero-order valence-electron chi connectivity index (χ0n) is 11.8. The molecule has 9 heteroatoms. The summed E-state index contributed by atoms with van der Waals surface area (Å²) in [7, 11) is 0. The van der Waals surface area contributed by atoms with Crippen LogP contribution < -0.4 is 5.32 Å². The number of nitrogens with zero attached hydrogens (tertiary/aromatic N) is 6. The number of anilines is 1. The van der Waals surface area contributed by atoms with Crippen molar-refractivity contribution in [3.05, 3.63) is 58.7 Å². The van der Waals surface area contributed by atoms with Gasteiger partial charge in [-0.1, -0.05) is 12.1 Å². The van der Waals surface area contributed by atoms with Gasteiger partial charge in [-0.05, 0) is 38.8 Å². The lowest BCUT2D eigenvalue weighted by atomic mass is 10.2. The summed E-state index contributed by atoms with van der Waals surface area (Å²) in [6.07, 6.45) is 5.21. The Balaban J connectivity index is 1.67. The van der Waals surface area contributed by atoms with E-state index in [1.165, 1.54) is 0 Å². The van der Waals surface area contributed by atoms with Gasteiger partial charge in [0.15, 0.2) is 0 Å². The molecule has 0 amide bonds. The van der Waals surface area contributed by atoms with Crippen molar-refractivity contribution in [3.63, 3.8) is 0 Å². The van der Waals surface area contributed by atoms with E-state index < -0.39 is 0 Å². The molecule has 0 unspecified atom stereocenters. The average molecular weight is 371 g/mol. The highest BCUT2D eigenvalue weighted by Crippen LogP contribution is 2.14. The summed E-state index contributed by atoms with van der Waals surface area (Å²) in [6.45, 7) is 0.689. The first-order valence-electron chi connectivity index (χ1n) is 6.62. The molecular weight excluding hydrogens is 360 g/mol. The summed E-state index contributed by atoms with van der Waals surface area (Å²) in [4.78, 5) is 0. The molecule has 0 bridgehead atoms. The molecule has 0 spiro atoms. The highest BCUT2D eigenvalue weighted by atomic mass is 79.9. The van der Waals surface area contributed by atoms with E-state index >= 15 is 0 Å². The number of nitrogens with one attached hydrogen (secondary N) is 2. The Kier molecular flexibility index (Phi) is 4.44. The number of benzene rings is 1. The second-order valence-corrected chi connectivity index (χ2v) is 5.52. The van der Waals surface area contributed by atoms with Gasteiger partial charge in [0.2, 0.25) is 5.82 Å². The highest BCUT2D eigenvalue weighted by molar-refractivity contribution is 9.10. The van der Waals surface area contributed by atoms with Gasteiger partial charge >= 0.3 is 0 Å². The van der Waals surface area contributed by atoms with Gasteiger partial charge in [-0.3, -0.25) is 4.68 Å². The fourth-order valence-corrected chi connectivity index (χ4v) is 2.22. The van der Waals surface area contributed by atoms with Crippen LogP contribution in [-0.4, -0.2) is 30.4 Å². The number of nitriles is 1. The molecule has 2 heterocycles. The minimum absolute atomic E-state index is 0.251. The van der Waals surface area contributed by atoms with Gasteiger partial charge in [0.1, 0.15) is 11.6 Å². The van der Waals surface area contributed by atoms with Gasteiger partial charge < -0.3 is 5.32 Å². The van der Waals surface area contributed by atoms with Gasteiger partial charge in [-0.15, -0.1) is 10.2 Å². The van der Waals surface area contributed by atoms with Crippen molar-refractivity contribution in [2.45, 2.75) is 6.54 Å². The summed E-state index contributed by atoms with van der Waals surface area (Å²) >= 11 is 3.37. The minimum Gasteiger partial charge on any atom is -0.360 e. The molecule has 2 aromatic heterocycles. The smallest absolute Gasteiger partial charge is 0.216 e. The fourth-order valence-electron chi connectivity index (χ4n) is 1.90. The molecule has 0 aliphatic carbocycles. The number of allylic oxidation sites excluding steroid dienone is 1. The number of H-pyrrole nitrogens is 1. The Hall–Kier alpha value is -2.99. The zero-order chi connectivity index (χ0) is 16.1. The Bertz CT molecular complexity index is 842. The van der Waals surface area contributed by atoms with Gasteiger partial charge in [-0.25, -0.2) is 0 Å². The van der Waals surface area contributed by atoms with Crippen LogP contribution in [0.5, 0.6) is 0 Å². The fraction of sp³-hybridized carbons (Fsp3) is 0.0714. The predicted octanol–water partition coefficient (Wildman–Crippen LogP) is 2.18. The van der Waals surface area contributed by atoms with Crippen LogP contribution >= 0.6 is 15.9 Å². The van der Waals surface area contributed by atoms with Crippen LogP contribution in [0, 0.1) is 11.3 Å². The van der Waals surface area contributed by atoms with Gasteiger partial charge in [-0.2, -0.15) is 15.6 Å². The number of halogens is 1. The van der Waals surface area contributed by atoms with Crippen LogP contribution in [0.2, 0.25) is 0 Å². The standard InChI is InChI=1S/C14H11BrN8/c15-12-7-18-23(9-12)8-10-1-3-13(4-2-10)17-6-11(5-16)14-19-21-22-20-14/h1-4,6-7,9,17H,8H2,(H,19,20,21,22). The molecule has 0 saturated carbocycles. The van der Waals surface area contributed by atoms with E-state index in [0.717, 1.165) is 15.7 Å². The first kappa shape index (κ1) is 14.9. The maximum absolute atomic E-state index is 9.09. The van der Waals surface area contributed by atoms with Crippen molar-refractivity contribution >= 4 is 27.2 Å². The van der Waals surface area contributed by atoms with Crippen LogP contribution in [0.3, 0.4) is 0 Å². The van der Waals surface area contributed by atoms with Crippen LogP contribution in [-0.2, 0) is 6.54 Å². The number of hydrogen-bond acceptors (Lipinski definition) is 6. The monoisotopic (exact) mass is 370 g/mol. The molecule has 114 valence electrons. The molecule has 3 aromatic rings. The van der Waals surface area contributed by atoms with Gasteiger partial charge in [0.05, 0.1) is 17.2 Å². The Labute approximate surface area is 140 Å². The summed E-state index contributed by atoms with van der Waals surface area (Å²) in [6, 6.07) is 9.86. The Morgan fingerprint density at radius 3 is 2.83 bits per heavy atom. The molecule has 8 nitrogen and oxygen atoms in total. The lowest BCUT2D eigenvalue weighted by molar-refractivity contribution is 0.687. The minimum atomic E-state index is 0.251. The van der Waals surface area contributed by atoms with Gasteiger partial charge in [0.25, 0.3) is 0 Å². The molecule has 0 aliphatic heterocycles. The second kappa shape index (κ2) is 6.85. The first-order chi connectivity index (χ1) is 11.2. The van der Waals surface area contributed by atoms with E-state index in [1.807, 2.05) is 41.2 Å². The quantitative estimate of drug-likeness (QED) is 0.666. The molecule has 3 rings (SSSR count). The van der Waals surface area contributed by atoms with E-state index in [1.54, 1.807) is 12.4 Å². The lowest BCUT2D eigenvalue weighted by Crippen LogP contribution is -2.00. The van der Waals surface area contributed by atoms with E-state index in [2.05, 4.69) is 47.0 Å². The first-order valence-corrected chi connectivity index (χ1v) is 7.41. The number of rotatable bonds is 5. The number of tetrazole rings is 1. The largest absolute Gasteiger partial charge is 0.360 e. The molecule has 2 N–H and O–H groups in total. The van der Waals surface area contributed by atoms with Crippen molar-refractivity contribution in [3.8, 4) is 6.07 Å². The van der Waals surface area contributed by atoms with Crippen molar-refractivity contribution in [1.29, 1.82) is 5.26 Å². The van der Waals surface area contributed by atoms with E-state index in [0.29, 0.717) is 12.1 Å². The van der Waals surface area contributed by atoms with Crippen molar-refractivity contribution < 1.29 is 0 Å². The molecule has 1 aromatic carbocycles. The van der Waals surface area contributed by atoms with E-state index in [4.69, 9.17) is 5.26 Å². The third kappa shape index (κ3) is 3.81. The number of hydrogen-bond donors (Lipinski definition) is 2. The van der Waals surface area contributed by atoms with Gasteiger partial charge in [0, 0.05) is 18.1 Å².